The Kier molecular flexibility index (Phi) is 3.14. The van der Waals surface area contributed by atoms with Crippen LogP contribution in [0.3, 0.4) is 0 Å². The Labute approximate surface area is 95.8 Å². The molecule has 0 spiro atoms. The van der Waals surface area contributed by atoms with Crippen LogP contribution in [0.1, 0.15) is 13.3 Å². The summed E-state index contributed by atoms with van der Waals surface area (Å²) in [5.74, 6) is 0.103. The first-order valence-electron chi connectivity index (χ1n) is 5.84. The van der Waals surface area contributed by atoms with E-state index in [0.29, 0.717) is 13.0 Å². The molecule has 2 atom stereocenters. The van der Waals surface area contributed by atoms with Crippen molar-refractivity contribution in [1.82, 2.24) is 15.1 Å². The molecule has 0 aromatic rings. The van der Waals surface area contributed by atoms with Crippen LogP contribution in [-0.4, -0.2) is 60.9 Å². The molecular formula is C11H19N3O2. The lowest BCUT2D eigenvalue weighted by Crippen LogP contribution is -2.54. The summed E-state index contributed by atoms with van der Waals surface area (Å²) in [5.41, 5.74) is 0. The second-order valence-corrected chi connectivity index (χ2v) is 4.76. The Morgan fingerprint density at radius 1 is 1.50 bits per heavy atom. The molecule has 0 bridgehead atoms. The van der Waals surface area contributed by atoms with Crippen LogP contribution < -0.4 is 5.32 Å². The molecule has 90 valence electrons. The minimum Gasteiger partial charge on any atom is -0.345 e. The van der Waals surface area contributed by atoms with Crippen molar-refractivity contribution >= 4 is 11.8 Å². The molecule has 5 heteroatoms. The van der Waals surface area contributed by atoms with Gasteiger partial charge in [0.1, 0.15) is 0 Å². The Balaban J connectivity index is 1.99. The van der Waals surface area contributed by atoms with Gasteiger partial charge in [-0.25, -0.2) is 0 Å². The summed E-state index contributed by atoms with van der Waals surface area (Å²) in [5, 5.41) is 3.26. The maximum absolute atomic E-state index is 12.2. The molecule has 0 aromatic heterocycles. The lowest BCUT2D eigenvalue weighted by Gasteiger charge is -2.35. The van der Waals surface area contributed by atoms with E-state index < -0.39 is 0 Å². The molecule has 5 nitrogen and oxygen atoms in total. The van der Waals surface area contributed by atoms with Crippen molar-refractivity contribution in [1.29, 1.82) is 0 Å². The fourth-order valence-electron chi connectivity index (χ4n) is 2.43. The first-order chi connectivity index (χ1) is 7.59. The summed E-state index contributed by atoms with van der Waals surface area (Å²) in [4.78, 5) is 27.2. The molecule has 0 aromatic carbocycles. The molecule has 2 saturated heterocycles. The van der Waals surface area contributed by atoms with Gasteiger partial charge in [0.15, 0.2) is 0 Å². The normalized spacial score (nSPS) is 31.0. The summed E-state index contributed by atoms with van der Waals surface area (Å²) in [6.45, 7) is 5.09. The molecule has 2 fully saturated rings. The number of carbonyl (C=O) groups is 2. The Morgan fingerprint density at radius 3 is 2.81 bits per heavy atom. The van der Waals surface area contributed by atoms with Crippen LogP contribution in [0.4, 0.5) is 0 Å². The summed E-state index contributed by atoms with van der Waals surface area (Å²) < 4.78 is 0. The van der Waals surface area contributed by atoms with Crippen molar-refractivity contribution < 1.29 is 9.59 Å². The maximum atomic E-state index is 12.2. The van der Waals surface area contributed by atoms with Gasteiger partial charge in [-0.3, -0.25) is 9.59 Å². The molecule has 1 N–H and O–H groups in total. The van der Waals surface area contributed by atoms with Crippen LogP contribution in [-0.2, 0) is 9.59 Å². The van der Waals surface area contributed by atoms with Gasteiger partial charge in [0, 0.05) is 45.7 Å². The first-order valence-corrected chi connectivity index (χ1v) is 5.84. The number of rotatable bonds is 1. The molecule has 2 aliphatic heterocycles. The van der Waals surface area contributed by atoms with Crippen LogP contribution in [0.2, 0.25) is 0 Å². The minimum atomic E-state index is -0.127. The molecule has 1 unspecified atom stereocenters. The van der Waals surface area contributed by atoms with Gasteiger partial charge in [-0.15, -0.1) is 0 Å². The Hall–Kier alpha value is -1.10. The summed E-state index contributed by atoms with van der Waals surface area (Å²) in [6.07, 6.45) is 0.381. The maximum Gasteiger partial charge on any atom is 0.228 e. The highest BCUT2D eigenvalue weighted by molar-refractivity contribution is 5.89. The fraction of sp³-hybridized carbons (Fsp3) is 0.818. The highest BCUT2D eigenvalue weighted by Gasteiger charge is 2.36. The van der Waals surface area contributed by atoms with Gasteiger partial charge < -0.3 is 15.1 Å². The second kappa shape index (κ2) is 4.41. The van der Waals surface area contributed by atoms with E-state index in [1.807, 2.05) is 11.8 Å². The minimum absolute atomic E-state index is 0.0844. The van der Waals surface area contributed by atoms with E-state index in [1.54, 1.807) is 11.9 Å². The molecular weight excluding hydrogens is 206 g/mol. The van der Waals surface area contributed by atoms with E-state index in [4.69, 9.17) is 0 Å². The molecule has 2 amide bonds. The molecule has 2 rings (SSSR count). The van der Waals surface area contributed by atoms with Gasteiger partial charge >= 0.3 is 0 Å². The number of piperazine rings is 1. The van der Waals surface area contributed by atoms with Gasteiger partial charge in [-0.2, -0.15) is 0 Å². The van der Waals surface area contributed by atoms with Crippen LogP contribution >= 0.6 is 0 Å². The number of hydrogen-bond donors (Lipinski definition) is 1. The van der Waals surface area contributed by atoms with E-state index in [0.717, 1.165) is 19.6 Å². The van der Waals surface area contributed by atoms with Crippen molar-refractivity contribution in [3.8, 4) is 0 Å². The third-order valence-electron chi connectivity index (χ3n) is 3.47. The predicted molar refractivity (Wildman–Crippen MR) is 59.8 cm³/mol. The number of nitrogens with zero attached hydrogens (tertiary/aromatic N) is 2. The average Bonchev–Trinajstić information content (AvgIpc) is 2.59. The average molecular weight is 225 g/mol. The van der Waals surface area contributed by atoms with Crippen LogP contribution in [0.25, 0.3) is 0 Å². The largest absolute Gasteiger partial charge is 0.345 e. The standard InChI is InChI=1S/C11H19N3O2/c1-8-6-12-3-4-14(8)11(16)9-5-10(15)13(2)7-9/h8-9,12H,3-7H2,1-2H3/t8-,9?/m0/s1. The summed E-state index contributed by atoms with van der Waals surface area (Å²) in [7, 11) is 1.76. The zero-order chi connectivity index (χ0) is 11.7. The highest BCUT2D eigenvalue weighted by atomic mass is 16.2. The number of hydrogen-bond acceptors (Lipinski definition) is 3. The van der Waals surface area contributed by atoms with Crippen molar-refractivity contribution in [2.75, 3.05) is 33.2 Å². The highest BCUT2D eigenvalue weighted by Crippen LogP contribution is 2.20. The smallest absolute Gasteiger partial charge is 0.228 e. The monoisotopic (exact) mass is 225 g/mol. The number of likely N-dealkylation sites (tertiary alicyclic amines) is 1. The second-order valence-electron chi connectivity index (χ2n) is 4.76. The number of amides is 2. The van der Waals surface area contributed by atoms with E-state index in [2.05, 4.69) is 5.32 Å². The van der Waals surface area contributed by atoms with Crippen LogP contribution in [0, 0.1) is 5.92 Å². The van der Waals surface area contributed by atoms with Gasteiger partial charge in [-0.05, 0) is 6.92 Å². The van der Waals surface area contributed by atoms with Crippen molar-refractivity contribution in [3.05, 3.63) is 0 Å². The fourth-order valence-corrected chi connectivity index (χ4v) is 2.43. The zero-order valence-corrected chi connectivity index (χ0v) is 9.90. The third-order valence-corrected chi connectivity index (χ3v) is 3.47. The molecule has 0 radical (unpaired) electrons. The van der Waals surface area contributed by atoms with Gasteiger partial charge in [-0.1, -0.05) is 0 Å². The lowest BCUT2D eigenvalue weighted by atomic mass is 10.1. The zero-order valence-electron chi connectivity index (χ0n) is 9.90. The van der Waals surface area contributed by atoms with E-state index in [1.165, 1.54) is 0 Å². The summed E-state index contributed by atoms with van der Waals surface area (Å²) >= 11 is 0. The molecule has 0 saturated carbocycles. The van der Waals surface area contributed by atoms with E-state index in [9.17, 15) is 9.59 Å². The van der Waals surface area contributed by atoms with Gasteiger partial charge in [0.25, 0.3) is 0 Å². The van der Waals surface area contributed by atoms with Crippen LogP contribution in [0.15, 0.2) is 0 Å². The SMILES string of the molecule is C[C@H]1CNCCN1C(=O)C1CC(=O)N(C)C1. The van der Waals surface area contributed by atoms with Crippen molar-refractivity contribution in [3.63, 3.8) is 0 Å². The molecule has 2 heterocycles. The van der Waals surface area contributed by atoms with Gasteiger partial charge in [0.2, 0.25) is 11.8 Å². The first kappa shape index (κ1) is 11.4. The Bertz CT molecular complexity index is 306. The number of carbonyl (C=O) groups excluding carboxylic acids is 2. The molecule has 16 heavy (non-hydrogen) atoms. The quantitative estimate of drug-likeness (QED) is 0.641. The van der Waals surface area contributed by atoms with Crippen LogP contribution in [0.5, 0.6) is 0 Å². The van der Waals surface area contributed by atoms with Crippen molar-refractivity contribution in [2.24, 2.45) is 5.92 Å². The lowest BCUT2D eigenvalue weighted by molar-refractivity contribution is -0.138. The Morgan fingerprint density at radius 2 is 2.25 bits per heavy atom. The predicted octanol–water partition coefficient (Wildman–Crippen LogP) is -0.715. The molecule has 2 aliphatic rings. The molecule has 0 aliphatic carbocycles. The topological polar surface area (TPSA) is 52.7 Å². The van der Waals surface area contributed by atoms with E-state index >= 15 is 0 Å². The number of nitrogens with one attached hydrogen (secondary N) is 1. The van der Waals surface area contributed by atoms with Crippen molar-refractivity contribution in [2.45, 2.75) is 19.4 Å². The summed E-state index contributed by atoms with van der Waals surface area (Å²) in [6, 6.07) is 0.238. The third kappa shape index (κ3) is 2.04. The van der Waals surface area contributed by atoms with E-state index in [-0.39, 0.29) is 23.8 Å². The van der Waals surface area contributed by atoms with Gasteiger partial charge in [0.05, 0.1) is 5.92 Å².